The number of aromatic nitrogens is 8. The first-order valence-electron chi connectivity index (χ1n) is 22.5. The molecule has 0 saturated carbocycles. The van der Waals surface area contributed by atoms with Crippen LogP contribution < -0.4 is 0 Å². The van der Waals surface area contributed by atoms with Crippen molar-refractivity contribution in [1.29, 1.82) is 0 Å². The van der Waals surface area contributed by atoms with Gasteiger partial charge in [-0.1, -0.05) is 200 Å². The topological polar surface area (TPSA) is 103 Å². The molecular weight excluding hydrogens is 833 g/mol. The Balaban J connectivity index is 1.02. The van der Waals surface area contributed by atoms with Crippen molar-refractivity contribution in [2.75, 3.05) is 0 Å². The molecule has 0 N–H and O–H groups in total. The van der Waals surface area contributed by atoms with Crippen LogP contribution in [-0.2, 0) is 0 Å². The van der Waals surface area contributed by atoms with Crippen LogP contribution in [0.3, 0.4) is 0 Å². The van der Waals surface area contributed by atoms with Gasteiger partial charge in [0, 0.05) is 50.3 Å². The molecule has 0 radical (unpaired) electrons. The average Bonchev–Trinajstić information content (AvgIpc) is 3.41. The molecule has 0 bridgehead atoms. The summed E-state index contributed by atoms with van der Waals surface area (Å²) < 4.78 is 0. The summed E-state index contributed by atoms with van der Waals surface area (Å²) in [5, 5.41) is 0. The second-order valence-corrected chi connectivity index (χ2v) is 16.5. The summed E-state index contributed by atoms with van der Waals surface area (Å²) >= 11 is 0. The maximum atomic E-state index is 5.23. The monoisotopic (exact) mass is 874 g/mol. The molecule has 0 atom stereocenters. The van der Waals surface area contributed by atoms with Crippen molar-refractivity contribution in [3.63, 3.8) is 0 Å². The van der Waals surface area contributed by atoms with Gasteiger partial charge in [0.05, 0.1) is 0 Å². The third kappa shape index (κ3) is 8.69. The van der Waals surface area contributed by atoms with E-state index < -0.39 is 0 Å². The number of rotatable bonds is 10. The fourth-order valence-corrected chi connectivity index (χ4v) is 8.46. The highest BCUT2D eigenvalue weighted by atomic mass is 15.0. The lowest BCUT2D eigenvalue weighted by Gasteiger charge is -2.16. The van der Waals surface area contributed by atoms with E-state index in [0.29, 0.717) is 40.8 Å². The van der Waals surface area contributed by atoms with Crippen LogP contribution in [0.4, 0.5) is 0 Å². The minimum absolute atomic E-state index is 0.561. The Morgan fingerprint density at radius 2 is 0.515 bits per heavy atom. The molecule has 0 aliphatic heterocycles. The van der Waals surface area contributed by atoms with Gasteiger partial charge < -0.3 is 0 Å². The van der Waals surface area contributed by atoms with E-state index in [1.54, 1.807) is 0 Å². The number of hydrogen-bond acceptors (Lipinski definition) is 8. The molecular formula is C60H42N8. The van der Waals surface area contributed by atoms with Crippen molar-refractivity contribution in [2.24, 2.45) is 0 Å². The molecule has 3 aromatic heterocycles. The Hall–Kier alpha value is -9.14. The number of hydrogen-bond donors (Lipinski definition) is 0. The van der Waals surface area contributed by atoms with Crippen LogP contribution in [0.2, 0.25) is 0 Å². The van der Waals surface area contributed by atoms with Gasteiger partial charge in [-0.25, -0.2) is 39.9 Å². The molecule has 0 saturated heterocycles. The standard InChI is InChI=1S/C60H42N8/c1-39-36-40(2)62-60(61-39)53-38-48(42-30-32-46(33-31-42)57-64-54(43-20-9-4-10-21-43)63-55(65-57)44-22-11-5-12-23-44)34-35-51(53)50-28-15-16-29-52(50)59-67-56(45-24-13-6-14-25-45)66-58(68-59)49-27-17-26-47(37-49)41-18-7-3-8-19-41/h3-38H,1-2H3. The Kier molecular flexibility index (Phi) is 11.2. The van der Waals surface area contributed by atoms with E-state index in [4.69, 9.17) is 39.9 Å². The van der Waals surface area contributed by atoms with Gasteiger partial charge in [-0.2, -0.15) is 0 Å². The van der Waals surface area contributed by atoms with Crippen LogP contribution in [0.25, 0.3) is 113 Å². The Bertz CT molecular complexity index is 3490. The highest BCUT2D eigenvalue weighted by Crippen LogP contribution is 2.40. The third-order valence-corrected chi connectivity index (χ3v) is 11.8. The summed E-state index contributed by atoms with van der Waals surface area (Å²) in [5.74, 6) is 4.21. The van der Waals surface area contributed by atoms with Crippen molar-refractivity contribution in [2.45, 2.75) is 13.8 Å². The molecule has 8 aromatic carbocycles. The zero-order chi connectivity index (χ0) is 45.8. The van der Waals surface area contributed by atoms with Crippen molar-refractivity contribution >= 4 is 0 Å². The van der Waals surface area contributed by atoms with Crippen LogP contribution in [0.1, 0.15) is 11.4 Å². The van der Waals surface area contributed by atoms with Crippen LogP contribution in [0.15, 0.2) is 218 Å². The maximum Gasteiger partial charge on any atom is 0.164 e. The Morgan fingerprint density at radius 1 is 0.191 bits per heavy atom. The van der Waals surface area contributed by atoms with E-state index >= 15 is 0 Å². The fraction of sp³-hybridized carbons (Fsp3) is 0.0333. The van der Waals surface area contributed by atoms with Crippen LogP contribution in [-0.4, -0.2) is 39.9 Å². The summed E-state index contributed by atoms with van der Waals surface area (Å²) in [6.07, 6.45) is 0. The lowest BCUT2D eigenvalue weighted by Crippen LogP contribution is -2.02. The molecule has 0 fully saturated rings. The van der Waals surface area contributed by atoms with E-state index in [1.807, 2.05) is 123 Å². The fourth-order valence-electron chi connectivity index (χ4n) is 8.46. The minimum Gasteiger partial charge on any atom is -0.233 e. The highest BCUT2D eigenvalue weighted by molar-refractivity contribution is 5.91. The van der Waals surface area contributed by atoms with Crippen LogP contribution in [0.5, 0.6) is 0 Å². The summed E-state index contributed by atoms with van der Waals surface area (Å²) in [6, 6.07) is 74.0. The lowest BCUT2D eigenvalue weighted by atomic mass is 9.91. The largest absolute Gasteiger partial charge is 0.233 e. The molecule has 0 amide bonds. The predicted octanol–water partition coefficient (Wildman–Crippen LogP) is 14.1. The first-order chi connectivity index (χ1) is 33.5. The minimum atomic E-state index is 0.561. The van der Waals surface area contributed by atoms with E-state index in [1.165, 1.54) is 0 Å². The lowest BCUT2D eigenvalue weighted by molar-refractivity contribution is 1.06. The van der Waals surface area contributed by atoms with Gasteiger partial charge in [-0.15, -0.1) is 0 Å². The van der Waals surface area contributed by atoms with Gasteiger partial charge >= 0.3 is 0 Å². The normalized spacial score (nSPS) is 11.1. The van der Waals surface area contributed by atoms with Gasteiger partial charge in [0.15, 0.2) is 40.8 Å². The van der Waals surface area contributed by atoms with Crippen molar-refractivity contribution in [3.8, 4) is 113 Å². The maximum absolute atomic E-state index is 5.23. The zero-order valence-corrected chi connectivity index (χ0v) is 37.4. The molecule has 11 aromatic rings. The highest BCUT2D eigenvalue weighted by Gasteiger charge is 2.20. The molecule has 3 heterocycles. The van der Waals surface area contributed by atoms with Gasteiger partial charge in [-0.3, -0.25) is 0 Å². The smallest absolute Gasteiger partial charge is 0.164 e. The third-order valence-electron chi connectivity index (χ3n) is 11.8. The molecule has 11 rings (SSSR count). The quantitative estimate of drug-likeness (QED) is 0.134. The summed E-state index contributed by atoms with van der Waals surface area (Å²) in [5.41, 5.74) is 14.2. The molecule has 8 heteroatoms. The van der Waals surface area contributed by atoms with Crippen molar-refractivity contribution in [3.05, 3.63) is 230 Å². The molecule has 0 spiro atoms. The van der Waals surface area contributed by atoms with E-state index in [2.05, 4.69) is 109 Å². The molecule has 0 aliphatic rings. The van der Waals surface area contributed by atoms with Gasteiger partial charge in [0.25, 0.3) is 0 Å². The average molecular weight is 875 g/mol. The predicted molar refractivity (Wildman–Crippen MR) is 273 cm³/mol. The SMILES string of the molecule is Cc1cc(C)nc(-c2cc(-c3ccc(-c4nc(-c5ccccc5)nc(-c5ccccc5)n4)cc3)ccc2-c2ccccc2-c2nc(-c3ccccc3)nc(-c3cccc(-c4ccccc4)c3)n2)n1. The first-order valence-corrected chi connectivity index (χ1v) is 22.5. The van der Waals surface area contributed by atoms with Crippen molar-refractivity contribution in [1.82, 2.24) is 39.9 Å². The van der Waals surface area contributed by atoms with Gasteiger partial charge in [-0.05, 0) is 65.4 Å². The second kappa shape index (κ2) is 18.4. The Morgan fingerprint density at radius 3 is 1.04 bits per heavy atom. The molecule has 68 heavy (non-hydrogen) atoms. The molecule has 322 valence electrons. The van der Waals surface area contributed by atoms with Gasteiger partial charge in [0.1, 0.15) is 0 Å². The molecule has 0 unspecified atom stereocenters. The number of benzene rings is 8. The number of aryl methyl sites for hydroxylation is 2. The van der Waals surface area contributed by atoms with E-state index in [0.717, 1.165) is 83.7 Å². The van der Waals surface area contributed by atoms with E-state index in [-0.39, 0.29) is 0 Å². The zero-order valence-electron chi connectivity index (χ0n) is 37.4. The van der Waals surface area contributed by atoms with Crippen LogP contribution in [0, 0.1) is 13.8 Å². The summed E-state index contributed by atoms with van der Waals surface area (Å²) in [7, 11) is 0. The number of nitrogens with zero attached hydrogens (tertiary/aromatic N) is 8. The van der Waals surface area contributed by atoms with E-state index in [9.17, 15) is 0 Å². The molecule has 0 aliphatic carbocycles. The van der Waals surface area contributed by atoms with Gasteiger partial charge in [0.2, 0.25) is 0 Å². The Labute approximate surface area is 394 Å². The summed E-state index contributed by atoms with van der Waals surface area (Å²) in [4.78, 5) is 40.3. The second-order valence-electron chi connectivity index (χ2n) is 16.5. The molecule has 8 nitrogen and oxygen atoms in total. The first kappa shape index (κ1) is 41.6. The van der Waals surface area contributed by atoms with Crippen LogP contribution >= 0.6 is 0 Å². The van der Waals surface area contributed by atoms with Crippen molar-refractivity contribution < 1.29 is 0 Å². The summed E-state index contributed by atoms with van der Waals surface area (Å²) in [6.45, 7) is 4.01.